The molecule has 0 saturated carbocycles. The molecule has 0 fully saturated rings. The van der Waals surface area contributed by atoms with Gasteiger partial charge in [-0.15, -0.1) is 0 Å². The van der Waals surface area contributed by atoms with Crippen molar-refractivity contribution in [2.75, 3.05) is 0 Å². The number of hydrogen-bond donors (Lipinski definition) is 0. The minimum absolute atomic E-state index is 0.890. The first-order valence-corrected chi connectivity index (χ1v) is 8.37. The van der Waals surface area contributed by atoms with Crippen LogP contribution in [0.3, 0.4) is 0 Å². The minimum Gasteiger partial charge on any atom is -0.201 e. The molecule has 1 aromatic heterocycles. The van der Waals surface area contributed by atoms with Gasteiger partial charge in [-0.05, 0) is 47.7 Å². The molecule has 1 nitrogen and oxygen atoms in total. The molecule has 3 aromatic rings. The Morgan fingerprint density at radius 1 is 0.958 bits per heavy atom. The van der Waals surface area contributed by atoms with Gasteiger partial charge in [-0.2, -0.15) is 0 Å². The molecule has 4 rings (SSSR count). The first-order valence-electron chi connectivity index (χ1n) is 9.87. The first-order chi connectivity index (χ1) is 12.7. The lowest BCUT2D eigenvalue weighted by atomic mass is 9.78. The molecule has 0 radical (unpaired) electrons. The second-order valence-electron chi connectivity index (χ2n) is 7.05. The van der Waals surface area contributed by atoms with Gasteiger partial charge < -0.3 is 0 Å². The third-order valence-corrected chi connectivity index (χ3v) is 5.21. The lowest BCUT2D eigenvalue weighted by Gasteiger charge is -2.24. The molecule has 0 saturated heterocycles. The Balaban J connectivity index is 2.16. The summed E-state index contributed by atoms with van der Waals surface area (Å²) in [7, 11) is 2.02. The fourth-order valence-electron chi connectivity index (χ4n) is 4.08. The van der Waals surface area contributed by atoms with Crippen molar-refractivity contribution >= 4 is 0 Å². The Labute approximate surface area is 148 Å². The van der Waals surface area contributed by atoms with E-state index in [0.29, 0.717) is 0 Å². The van der Waals surface area contributed by atoms with Crippen LogP contribution >= 0.6 is 0 Å². The van der Waals surface area contributed by atoms with E-state index < -0.39 is 12.3 Å². The van der Waals surface area contributed by atoms with Gasteiger partial charge >= 0.3 is 0 Å². The summed E-state index contributed by atoms with van der Waals surface area (Å²) in [5.74, 6) is 0. The molecule has 0 N–H and O–H groups in total. The van der Waals surface area contributed by atoms with Crippen molar-refractivity contribution in [3.63, 3.8) is 0 Å². The highest BCUT2D eigenvalue weighted by molar-refractivity contribution is 5.88. The topological polar surface area (TPSA) is 3.88 Å². The van der Waals surface area contributed by atoms with Gasteiger partial charge in [-0.25, -0.2) is 4.57 Å². The zero-order chi connectivity index (χ0) is 19.6. The van der Waals surface area contributed by atoms with Crippen LogP contribution in [0.2, 0.25) is 0 Å². The Hall–Kier alpha value is -2.41. The monoisotopic (exact) mass is 317 g/mol. The summed E-state index contributed by atoms with van der Waals surface area (Å²) in [5.41, 5.74) is 7.17. The van der Waals surface area contributed by atoms with E-state index in [1.54, 1.807) is 0 Å². The van der Waals surface area contributed by atoms with Crippen molar-refractivity contribution in [1.29, 1.82) is 0 Å². The van der Waals surface area contributed by atoms with E-state index in [1.165, 1.54) is 5.56 Å². The van der Waals surface area contributed by atoms with E-state index in [4.69, 9.17) is 4.11 Å². The average molecular weight is 317 g/mol. The summed E-state index contributed by atoms with van der Waals surface area (Å²) >= 11 is 0. The molecule has 24 heavy (non-hydrogen) atoms. The standard InChI is InChI=1S/C23H24N/c1-15-10-13-20(24(5)14-15)21-16(2)11-12-18-17-8-6-7-9-19(17)23(3,4)22(18)21/h6-14H,1-5H3/q+1/i3D3. The van der Waals surface area contributed by atoms with Gasteiger partial charge in [0.1, 0.15) is 7.05 Å². The molecule has 1 aliphatic carbocycles. The van der Waals surface area contributed by atoms with E-state index >= 15 is 0 Å². The normalized spacial score (nSPS) is 20.8. The van der Waals surface area contributed by atoms with Crippen molar-refractivity contribution in [3.05, 3.63) is 77.0 Å². The van der Waals surface area contributed by atoms with Gasteiger partial charge in [-0.1, -0.05) is 50.2 Å². The third-order valence-electron chi connectivity index (χ3n) is 5.21. The highest BCUT2D eigenvalue weighted by Crippen LogP contribution is 2.52. The molecular weight excluding hydrogens is 290 g/mol. The first kappa shape index (κ1) is 12.0. The van der Waals surface area contributed by atoms with Crippen LogP contribution in [0.1, 0.15) is 40.1 Å². The van der Waals surface area contributed by atoms with Crippen molar-refractivity contribution in [2.45, 2.75) is 33.0 Å². The van der Waals surface area contributed by atoms with E-state index in [0.717, 1.165) is 39.1 Å². The maximum Gasteiger partial charge on any atom is 0.212 e. The summed E-state index contributed by atoms with van der Waals surface area (Å²) in [6, 6.07) is 16.3. The second kappa shape index (κ2) is 5.04. The summed E-state index contributed by atoms with van der Waals surface area (Å²) in [5, 5.41) is 0. The van der Waals surface area contributed by atoms with Crippen LogP contribution in [-0.4, -0.2) is 0 Å². The van der Waals surface area contributed by atoms with Gasteiger partial charge in [0.25, 0.3) is 0 Å². The Bertz CT molecular complexity index is 1070. The maximum absolute atomic E-state index is 8.43. The van der Waals surface area contributed by atoms with Crippen molar-refractivity contribution in [3.8, 4) is 22.4 Å². The van der Waals surface area contributed by atoms with Crippen LogP contribution in [0.25, 0.3) is 22.4 Å². The quantitative estimate of drug-likeness (QED) is 0.550. The zero-order valence-corrected chi connectivity index (χ0v) is 14.6. The van der Waals surface area contributed by atoms with E-state index in [9.17, 15) is 0 Å². The lowest BCUT2D eigenvalue weighted by molar-refractivity contribution is -0.660. The zero-order valence-electron chi connectivity index (χ0n) is 17.6. The number of pyridine rings is 1. The molecule has 1 heteroatoms. The summed E-state index contributed by atoms with van der Waals surface area (Å²) < 4.78 is 27.4. The SMILES string of the molecule is [2H]C([2H])([2H])C1(C)c2ccccc2-c2ccc(C)c(-c3ccc(C)c[n+]3C)c21. The number of fused-ring (bicyclic) bond motifs is 3. The van der Waals surface area contributed by atoms with E-state index in [-0.39, 0.29) is 0 Å². The largest absolute Gasteiger partial charge is 0.212 e. The van der Waals surface area contributed by atoms with Gasteiger partial charge in [-0.3, -0.25) is 0 Å². The molecular formula is C23H24N+. The Morgan fingerprint density at radius 2 is 1.75 bits per heavy atom. The third kappa shape index (κ3) is 1.97. The molecule has 1 aliphatic rings. The van der Waals surface area contributed by atoms with Crippen LogP contribution in [0.4, 0.5) is 0 Å². The number of nitrogens with zero attached hydrogens (tertiary/aromatic N) is 1. The molecule has 0 bridgehead atoms. The molecule has 1 heterocycles. The van der Waals surface area contributed by atoms with Crippen molar-refractivity contribution < 1.29 is 8.68 Å². The second-order valence-corrected chi connectivity index (χ2v) is 7.05. The average Bonchev–Trinajstić information content (AvgIpc) is 2.86. The lowest BCUT2D eigenvalue weighted by Crippen LogP contribution is -2.32. The van der Waals surface area contributed by atoms with Gasteiger partial charge in [0, 0.05) is 21.2 Å². The number of aromatic nitrogens is 1. The fraction of sp³-hybridized carbons (Fsp3) is 0.261. The predicted molar refractivity (Wildman–Crippen MR) is 100 cm³/mol. The molecule has 0 spiro atoms. The molecule has 0 amide bonds. The highest BCUT2D eigenvalue weighted by Gasteiger charge is 2.39. The summed E-state index contributed by atoms with van der Waals surface area (Å²) in [4.78, 5) is 0. The molecule has 1 unspecified atom stereocenters. The Kier molecular flexibility index (Phi) is 2.53. The van der Waals surface area contributed by atoms with Gasteiger partial charge in [0.2, 0.25) is 5.69 Å². The number of benzene rings is 2. The summed E-state index contributed by atoms with van der Waals surface area (Å²) in [6.07, 6.45) is 2.09. The van der Waals surface area contributed by atoms with Gasteiger partial charge in [0.05, 0.1) is 5.56 Å². The maximum atomic E-state index is 8.43. The fourth-order valence-corrected chi connectivity index (χ4v) is 4.08. The molecule has 0 aliphatic heterocycles. The van der Waals surface area contributed by atoms with Crippen LogP contribution in [0.15, 0.2) is 54.7 Å². The molecule has 120 valence electrons. The van der Waals surface area contributed by atoms with Gasteiger partial charge in [0.15, 0.2) is 6.20 Å². The van der Waals surface area contributed by atoms with Crippen molar-refractivity contribution in [2.24, 2.45) is 7.05 Å². The molecule has 2 aromatic carbocycles. The highest BCUT2D eigenvalue weighted by atomic mass is 14.9. The van der Waals surface area contributed by atoms with Crippen LogP contribution < -0.4 is 4.57 Å². The van der Waals surface area contributed by atoms with Crippen LogP contribution in [0, 0.1) is 13.8 Å². The Morgan fingerprint density at radius 3 is 2.50 bits per heavy atom. The summed E-state index contributed by atoms with van der Waals surface area (Å²) in [6.45, 7) is 3.86. The van der Waals surface area contributed by atoms with E-state index in [1.807, 2.05) is 38.2 Å². The molecule has 1 atom stereocenters. The van der Waals surface area contributed by atoms with E-state index in [2.05, 4.69) is 48.9 Å². The smallest absolute Gasteiger partial charge is 0.201 e. The predicted octanol–water partition coefficient (Wildman–Crippen LogP) is 5.10. The van der Waals surface area contributed by atoms with Crippen LogP contribution in [0.5, 0.6) is 0 Å². The minimum atomic E-state index is -2.15. The van der Waals surface area contributed by atoms with Crippen LogP contribution in [-0.2, 0) is 12.5 Å². The number of hydrogen-bond acceptors (Lipinski definition) is 0. The number of aryl methyl sites for hydroxylation is 3. The number of rotatable bonds is 1. The van der Waals surface area contributed by atoms with Crippen molar-refractivity contribution in [1.82, 2.24) is 0 Å².